The van der Waals surface area contributed by atoms with Crippen molar-refractivity contribution in [1.29, 1.82) is 0 Å². The monoisotopic (exact) mass is 260 g/mol. The molecule has 0 saturated heterocycles. The first-order valence-corrected chi connectivity index (χ1v) is 4.54. The van der Waals surface area contributed by atoms with E-state index in [-0.39, 0.29) is 11.3 Å². The normalized spacial score (nSPS) is 9.64. The van der Waals surface area contributed by atoms with Gasteiger partial charge < -0.3 is 14.6 Å². The van der Waals surface area contributed by atoms with Crippen LogP contribution in [-0.4, -0.2) is 25.3 Å². The molecule has 0 heterocycles. The molecule has 0 aliphatic heterocycles. The van der Waals surface area contributed by atoms with Gasteiger partial charge in [-0.25, -0.2) is 4.79 Å². The quantitative estimate of drug-likeness (QED) is 0.826. The summed E-state index contributed by atoms with van der Waals surface area (Å²) in [4.78, 5) is 11.2. The van der Waals surface area contributed by atoms with Gasteiger partial charge in [-0.1, -0.05) is 0 Å². The molecule has 0 radical (unpaired) electrons. The number of phenolic OH excluding ortho intramolecular Hbond substituents is 1. The average molecular weight is 261 g/mol. The Balaban J connectivity index is 3.29. The summed E-state index contributed by atoms with van der Waals surface area (Å²) in [5, 5.41) is 9.29. The number of methoxy groups -OCH3 is 2. The third-order valence-corrected chi connectivity index (χ3v) is 2.47. The molecule has 0 aromatic heterocycles. The minimum absolute atomic E-state index is 0.0505. The van der Waals surface area contributed by atoms with Crippen molar-refractivity contribution in [3.05, 3.63) is 22.2 Å². The average Bonchev–Trinajstić information content (AvgIpc) is 2.19. The standard InChI is InChI=1S/C9H9BrO4/c1-13-7-4-5(11)3-6(8(7)10)9(12)14-2/h3-4,11H,1-2H3. The summed E-state index contributed by atoms with van der Waals surface area (Å²) in [6, 6.07) is 2.70. The number of hydrogen-bond donors (Lipinski definition) is 1. The van der Waals surface area contributed by atoms with Crippen LogP contribution in [0, 0.1) is 0 Å². The molecular weight excluding hydrogens is 252 g/mol. The van der Waals surface area contributed by atoms with Gasteiger partial charge in [0.05, 0.1) is 24.3 Å². The van der Waals surface area contributed by atoms with Gasteiger partial charge in [0, 0.05) is 6.07 Å². The van der Waals surface area contributed by atoms with E-state index in [1.807, 2.05) is 0 Å². The number of benzene rings is 1. The van der Waals surface area contributed by atoms with Crippen LogP contribution in [0.25, 0.3) is 0 Å². The number of ether oxygens (including phenoxy) is 2. The lowest BCUT2D eigenvalue weighted by molar-refractivity contribution is 0.0598. The predicted molar refractivity (Wildman–Crippen MR) is 53.7 cm³/mol. The molecule has 1 aromatic rings. The van der Waals surface area contributed by atoms with Crippen LogP contribution in [0.5, 0.6) is 11.5 Å². The molecule has 0 atom stereocenters. The van der Waals surface area contributed by atoms with Gasteiger partial charge in [-0.2, -0.15) is 0 Å². The second-order valence-electron chi connectivity index (χ2n) is 2.50. The number of carbonyl (C=O) groups excluding carboxylic acids is 1. The van der Waals surface area contributed by atoms with Crippen molar-refractivity contribution in [2.75, 3.05) is 14.2 Å². The fourth-order valence-electron chi connectivity index (χ4n) is 0.990. The topological polar surface area (TPSA) is 55.8 Å². The number of rotatable bonds is 2. The van der Waals surface area contributed by atoms with Gasteiger partial charge in [-0.3, -0.25) is 0 Å². The summed E-state index contributed by atoms with van der Waals surface area (Å²) in [5.41, 5.74) is 0.226. The maximum Gasteiger partial charge on any atom is 0.339 e. The van der Waals surface area contributed by atoms with Crippen molar-refractivity contribution in [3.8, 4) is 11.5 Å². The number of halogens is 1. The molecule has 14 heavy (non-hydrogen) atoms. The molecule has 0 saturated carbocycles. The Morgan fingerprint density at radius 1 is 1.43 bits per heavy atom. The van der Waals surface area contributed by atoms with E-state index in [4.69, 9.17) is 4.74 Å². The van der Waals surface area contributed by atoms with E-state index in [1.54, 1.807) is 0 Å². The first-order chi connectivity index (χ1) is 6.60. The summed E-state index contributed by atoms with van der Waals surface area (Å²) in [6.45, 7) is 0. The van der Waals surface area contributed by atoms with Gasteiger partial charge in [-0.05, 0) is 22.0 Å². The second kappa shape index (κ2) is 4.32. The van der Waals surface area contributed by atoms with Crippen molar-refractivity contribution in [2.45, 2.75) is 0 Å². The Bertz CT molecular complexity index is 362. The molecule has 0 amide bonds. The summed E-state index contributed by atoms with van der Waals surface area (Å²) in [6.07, 6.45) is 0. The zero-order valence-corrected chi connectivity index (χ0v) is 9.29. The number of esters is 1. The molecule has 0 aliphatic carbocycles. The Kier molecular flexibility index (Phi) is 3.35. The third-order valence-electron chi connectivity index (χ3n) is 1.65. The van der Waals surface area contributed by atoms with Gasteiger partial charge in [0.1, 0.15) is 11.5 Å². The summed E-state index contributed by atoms with van der Waals surface area (Å²) < 4.78 is 9.95. The van der Waals surface area contributed by atoms with Gasteiger partial charge in [0.15, 0.2) is 0 Å². The van der Waals surface area contributed by atoms with Crippen LogP contribution in [0.1, 0.15) is 10.4 Å². The number of hydrogen-bond acceptors (Lipinski definition) is 4. The maximum atomic E-state index is 11.2. The summed E-state index contributed by atoms with van der Waals surface area (Å²) in [7, 11) is 2.71. The highest BCUT2D eigenvalue weighted by atomic mass is 79.9. The molecule has 5 heteroatoms. The van der Waals surface area contributed by atoms with Crippen LogP contribution in [-0.2, 0) is 4.74 Å². The fourth-order valence-corrected chi connectivity index (χ4v) is 1.54. The van der Waals surface area contributed by atoms with E-state index < -0.39 is 5.97 Å². The van der Waals surface area contributed by atoms with Crippen LogP contribution in [0.3, 0.4) is 0 Å². The Morgan fingerprint density at radius 2 is 2.07 bits per heavy atom. The smallest absolute Gasteiger partial charge is 0.339 e. The van der Waals surface area contributed by atoms with E-state index >= 15 is 0 Å². The molecule has 0 bridgehead atoms. The van der Waals surface area contributed by atoms with Gasteiger partial charge in [-0.15, -0.1) is 0 Å². The van der Waals surface area contributed by atoms with Gasteiger partial charge in [0.25, 0.3) is 0 Å². The first kappa shape index (κ1) is 10.8. The summed E-state index contributed by atoms with van der Waals surface area (Å²) >= 11 is 3.18. The highest BCUT2D eigenvalue weighted by Gasteiger charge is 2.15. The lowest BCUT2D eigenvalue weighted by Crippen LogP contribution is -2.03. The third kappa shape index (κ3) is 1.98. The van der Waals surface area contributed by atoms with Crippen molar-refractivity contribution in [1.82, 2.24) is 0 Å². The van der Waals surface area contributed by atoms with Gasteiger partial charge >= 0.3 is 5.97 Å². The molecule has 1 N–H and O–H groups in total. The second-order valence-corrected chi connectivity index (χ2v) is 3.29. The molecule has 76 valence electrons. The maximum absolute atomic E-state index is 11.2. The lowest BCUT2D eigenvalue weighted by atomic mass is 10.2. The van der Waals surface area contributed by atoms with Crippen molar-refractivity contribution in [2.24, 2.45) is 0 Å². The number of carbonyl (C=O) groups is 1. The van der Waals surface area contributed by atoms with Crippen molar-refractivity contribution < 1.29 is 19.4 Å². The van der Waals surface area contributed by atoms with E-state index in [1.165, 1.54) is 26.4 Å². The lowest BCUT2D eigenvalue weighted by Gasteiger charge is -2.08. The van der Waals surface area contributed by atoms with E-state index in [9.17, 15) is 9.90 Å². The van der Waals surface area contributed by atoms with Crippen LogP contribution in [0.4, 0.5) is 0 Å². The molecular formula is C9H9BrO4. The molecule has 1 aromatic carbocycles. The zero-order valence-electron chi connectivity index (χ0n) is 7.70. The van der Waals surface area contributed by atoms with Crippen LogP contribution < -0.4 is 4.74 Å². The van der Waals surface area contributed by atoms with E-state index in [0.717, 1.165) is 0 Å². The Labute approximate surface area is 89.6 Å². The highest BCUT2D eigenvalue weighted by Crippen LogP contribution is 2.33. The molecule has 1 rings (SSSR count). The summed E-state index contributed by atoms with van der Waals surface area (Å²) in [5.74, 6) is -0.207. The van der Waals surface area contributed by atoms with Crippen LogP contribution in [0.2, 0.25) is 0 Å². The minimum Gasteiger partial charge on any atom is -0.508 e. The van der Waals surface area contributed by atoms with Crippen molar-refractivity contribution >= 4 is 21.9 Å². The minimum atomic E-state index is -0.536. The van der Waals surface area contributed by atoms with E-state index in [0.29, 0.717) is 10.2 Å². The number of phenols is 1. The number of aromatic hydroxyl groups is 1. The molecule has 0 aliphatic rings. The Morgan fingerprint density at radius 3 is 2.57 bits per heavy atom. The van der Waals surface area contributed by atoms with Crippen LogP contribution in [0.15, 0.2) is 16.6 Å². The largest absolute Gasteiger partial charge is 0.508 e. The SMILES string of the molecule is COC(=O)c1cc(O)cc(OC)c1Br. The molecule has 0 spiro atoms. The zero-order chi connectivity index (χ0) is 10.7. The molecule has 0 fully saturated rings. The molecule has 4 nitrogen and oxygen atoms in total. The molecule has 0 unspecified atom stereocenters. The Hall–Kier alpha value is -1.23. The van der Waals surface area contributed by atoms with Crippen molar-refractivity contribution in [3.63, 3.8) is 0 Å². The first-order valence-electron chi connectivity index (χ1n) is 3.75. The highest BCUT2D eigenvalue weighted by molar-refractivity contribution is 9.10. The fraction of sp³-hybridized carbons (Fsp3) is 0.222. The van der Waals surface area contributed by atoms with Crippen LogP contribution >= 0.6 is 15.9 Å². The van der Waals surface area contributed by atoms with E-state index in [2.05, 4.69) is 20.7 Å². The van der Waals surface area contributed by atoms with Gasteiger partial charge in [0.2, 0.25) is 0 Å². The predicted octanol–water partition coefficient (Wildman–Crippen LogP) is 1.95.